The van der Waals surface area contributed by atoms with Crippen LogP contribution in [0.3, 0.4) is 0 Å². The van der Waals surface area contributed by atoms with Crippen LogP contribution >= 0.6 is 0 Å². The summed E-state index contributed by atoms with van der Waals surface area (Å²) in [5.74, 6) is 1.14. The fraction of sp³-hybridized carbons (Fsp3) is 0.188. The molecule has 2 aromatic carbocycles. The summed E-state index contributed by atoms with van der Waals surface area (Å²) in [4.78, 5) is 11.1. The Labute approximate surface area is 121 Å². The zero-order chi connectivity index (χ0) is 14.7. The maximum atomic E-state index is 12.8. The zero-order valence-electron chi connectivity index (χ0n) is 11.1. The minimum atomic E-state index is -0.332. The van der Waals surface area contributed by atoms with E-state index in [4.69, 9.17) is 14.2 Å². The minimum absolute atomic E-state index is 0.125. The number of carbonyl (C=O) groups excluding carboxylic acids is 1. The molecule has 0 unspecified atom stereocenters. The average Bonchev–Trinajstić information content (AvgIpc) is 3.32. The maximum Gasteiger partial charge on any atom is 0.153 e. The first-order chi connectivity index (χ1) is 10.2. The summed E-state index contributed by atoms with van der Waals surface area (Å²) in [5.41, 5.74) is 0.398. The van der Waals surface area contributed by atoms with E-state index in [0.29, 0.717) is 42.3 Å². The first-order valence-corrected chi connectivity index (χ1v) is 6.51. The Morgan fingerprint density at radius 3 is 2.57 bits per heavy atom. The second-order valence-electron chi connectivity index (χ2n) is 4.64. The van der Waals surface area contributed by atoms with Gasteiger partial charge in [-0.15, -0.1) is 0 Å². The highest BCUT2D eigenvalue weighted by molar-refractivity contribution is 5.80. The van der Waals surface area contributed by atoms with Crippen molar-refractivity contribution in [3.05, 3.63) is 53.8 Å². The van der Waals surface area contributed by atoms with Gasteiger partial charge in [0.05, 0.1) is 12.2 Å². The second-order valence-corrected chi connectivity index (χ2v) is 4.64. The lowest BCUT2D eigenvalue weighted by Gasteiger charge is -2.10. The molecule has 0 saturated carbocycles. The van der Waals surface area contributed by atoms with Crippen molar-refractivity contribution in [2.24, 2.45) is 0 Å². The number of ether oxygens (including phenoxy) is 3. The van der Waals surface area contributed by atoms with Crippen molar-refractivity contribution in [1.29, 1.82) is 0 Å². The SMILES string of the molecule is O=Cc1cc(Oc2ccc(F)cc2)ccc1OC[C@@H]1CO1. The van der Waals surface area contributed by atoms with Crippen LogP contribution in [-0.4, -0.2) is 25.6 Å². The molecule has 5 heteroatoms. The largest absolute Gasteiger partial charge is 0.490 e. The van der Waals surface area contributed by atoms with Gasteiger partial charge >= 0.3 is 0 Å². The third-order valence-electron chi connectivity index (χ3n) is 2.98. The molecule has 1 fully saturated rings. The lowest BCUT2D eigenvalue weighted by Crippen LogP contribution is -2.05. The molecule has 0 aliphatic carbocycles. The maximum absolute atomic E-state index is 12.8. The van der Waals surface area contributed by atoms with Gasteiger partial charge in [-0.2, -0.15) is 0 Å². The van der Waals surface area contributed by atoms with Gasteiger partial charge in [0, 0.05) is 0 Å². The van der Waals surface area contributed by atoms with E-state index >= 15 is 0 Å². The summed E-state index contributed by atoms with van der Waals surface area (Å²) in [6.07, 6.45) is 0.834. The highest BCUT2D eigenvalue weighted by Gasteiger charge is 2.23. The van der Waals surface area contributed by atoms with Gasteiger partial charge in [0.2, 0.25) is 0 Å². The molecule has 4 nitrogen and oxygen atoms in total. The van der Waals surface area contributed by atoms with Gasteiger partial charge in [-0.1, -0.05) is 0 Å². The number of aldehydes is 1. The first kappa shape index (κ1) is 13.6. The molecule has 0 N–H and O–H groups in total. The summed E-state index contributed by atoms with van der Waals surface area (Å²) >= 11 is 0. The van der Waals surface area contributed by atoms with Crippen LogP contribution in [0.2, 0.25) is 0 Å². The quantitative estimate of drug-likeness (QED) is 0.605. The molecular formula is C16H13FO4. The monoisotopic (exact) mass is 288 g/mol. The fourth-order valence-corrected chi connectivity index (χ4v) is 1.80. The molecule has 0 spiro atoms. The van der Waals surface area contributed by atoms with Gasteiger partial charge < -0.3 is 14.2 Å². The molecule has 0 amide bonds. The van der Waals surface area contributed by atoms with Crippen molar-refractivity contribution in [3.8, 4) is 17.2 Å². The summed E-state index contributed by atoms with van der Waals surface area (Å²) < 4.78 is 28.9. The van der Waals surface area contributed by atoms with E-state index in [1.54, 1.807) is 18.2 Å². The second kappa shape index (κ2) is 5.93. The predicted molar refractivity (Wildman–Crippen MR) is 73.5 cm³/mol. The van der Waals surface area contributed by atoms with Crippen LogP contribution in [0.4, 0.5) is 4.39 Å². The molecule has 1 aliphatic heterocycles. The number of benzene rings is 2. The molecule has 2 aromatic rings. The van der Waals surface area contributed by atoms with Gasteiger partial charge in [0.1, 0.15) is 35.8 Å². The third-order valence-corrected chi connectivity index (χ3v) is 2.98. The van der Waals surface area contributed by atoms with Crippen molar-refractivity contribution in [2.75, 3.05) is 13.2 Å². The van der Waals surface area contributed by atoms with Crippen molar-refractivity contribution < 1.29 is 23.4 Å². The Morgan fingerprint density at radius 2 is 1.90 bits per heavy atom. The summed E-state index contributed by atoms with van der Waals surface area (Å²) in [7, 11) is 0. The Kier molecular flexibility index (Phi) is 3.83. The van der Waals surface area contributed by atoms with Crippen molar-refractivity contribution in [1.82, 2.24) is 0 Å². The Bertz CT molecular complexity index is 635. The van der Waals surface area contributed by atoms with E-state index < -0.39 is 0 Å². The number of halogens is 1. The lowest BCUT2D eigenvalue weighted by molar-refractivity contribution is 0.111. The van der Waals surface area contributed by atoms with Crippen LogP contribution in [0.15, 0.2) is 42.5 Å². The standard InChI is InChI=1S/C16H13FO4/c17-12-1-3-13(4-2-12)21-14-5-6-16(11(7-14)8-18)20-10-15-9-19-15/h1-8,15H,9-10H2/t15-/m0/s1. The number of carbonyl (C=O) groups is 1. The summed E-state index contributed by atoms with van der Waals surface area (Å²) in [5, 5.41) is 0. The van der Waals surface area contributed by atoms with Gasteiger partial charge in [0.25, 0.3) is 0 Å². The van der Waals surface area contributed by atoms with Crippen LogP contribution in [0.5, 0.6) is 17.2 Å². The molecule has 1 heterocycles. The van der Waals surface area contributed by atoms with E-state index in [1.165, 1.54) is 24.3 Å². The van der Waals surface area contributed by atoms with E-state index in [0.717, 1.165) is 0 Å². The third kappa shape index (κ3) is 3.58. The van der Waals surface area contributed by atoms with E-state index in [9.17, 15) is 9.18 Å². The molecule has 108 valence electrons. The zero-order valence-corrected chi connectivity index (χ0v) is 11.1. The molecule has 0 aromatic heterocycles. The molecule has 1 saturated heterocycles. The van der Waals surface area contributed by atoms with Crippen molar-refractivity contribution >= 4 is 6.29 Å². The fourth-order valence-electron chi connectivity index (χ4n) is 1.80. The Hall–Kier alpha value is -2.40. The van der Waals surface area contributed by atoms with Crippen LogP contribution in [-0.2, 0) is 4.74 Å². The topological polar surface area (TPSA) is 48.1 Å². The highest BCUT2D eigenvalue weighted by atomic mass is 19.1. The molecule has 3 rings (SSSR count). The van der Waals surface area contributed by atoms with E-state index in [1.807, 2.05) is 0 Å². The van der Waals surface area contributed by atoms with Crippen LogP contribution in [0.1, 0.15) is 10.4 Å². The van der Waals surface area contributed by atoms with Crippen LogP contribution in [0.25, 0.3) is 0 Å². The smallest absolute Gasteiger partial charge is 0.153 e. The molecule has 0 radical (unpaired) electrons. The van der Waals surface area contributed by atoms with Crippen LogP contribution < -0.4 is 9.47 Å². The van der Waals surface area contributed by atoms with Gasteiger partial charge in [0.15, 0.2) is 6.29 Å². The van der Waals surface area contributed by atoms with E-state index in [-0.39, 0.29) is 11.9 Å². The summed E-state index contributed by atoms with van der Waals surface area (Å²) in [6.45, 7) is 1.13. The van der Waals surface area contributed by atoms with Gasteiger partial charge in [-0.05, 0) is 42.5 Å². The van der Waals surface area contributed by atoms with E-state index in [2.05, 4.69) is 0 Å². The highest BCUT2D eigenvalue weighted by Crippen LogP contribution is 2.27. The van der Waals surface area contributed by atoms with Crippen molar-refractivity contribution in [2.45, 2.75) is 6.10 Å². The number of rotatable bonds is 6. The number of epoxide rings is 1. The first-order valence-electron chi connectivity index (χ1n) is 6.51. The van der Waals surface area contributed by atoms with Crippen LogP contribution in [0, 0.1) is 5.82 Å². The van der Waals surface area contributed by atoms with Gasteiger partial charge in [-0.25, -0.2) is 4.39 Å². The number of hydrogen-bond donors (Lipinski definition) is 0. The lowest BCUT2D eigenvalue weighted by atomic mass is 10.2. The Morgan fingerprint density at radius 1 is 1.19 bits per heavy atom. The molecule has 21 heavy (non-hydrogen) atoms. The predicted octanol–water partition coefficient (Wildman–Crippen LogP) is 3.21. The molecule has 0 bridgehead atoms. The summed E-state index contributed by atoms with van der Waals surface area (Å²) in [6, 6.07) is 10.6. The molecule has 1 aliphatic rings. The molecular weight excluding hydrogens is 275 g/mol. The van der Waals surface area contributed by atoms with Crippen molar-refractivity contribution in [3.63, 3.8) is 0 Å². The molecule has 1 atom stereocenters. The van der Waals surface area contributed by atoms with Gasteiger partial charge in [-0.3, -0.25) is 4.79 Å². The minimum Gasteiger partial charge on any atom is -0.490 e. The number of hydrogen-bond acceptors (Lipinski definition) is 4. The normalized spacial score (nSPS) is 16.3. The Balaban J connectivity index is 1.73. The average molecular weight is 288 g/mol.